The molecule has 0 saturated carbocycles. The van der Waals surface area contributed by atoms with E-state index in [-0.39, 0.29) is 6.54 Å². The fraction of sp³-hybridized carbons (Fsp3) is 0.0588. The van der Waals surface area contributed by atoms with E-state index in [1.807, 2.05) is 30.3 Å². The monoisotopic (exact) mass is 374 g/mol. The lowest BCUT2D eigenvalue weighted by Gasteiger charge is -2.08. The minimum atomic E-state index is -0.617. The van der Waals surface area contributed by atoms with Gasteiger partial charge in [0.1, 0.15) is 6.54 Å². The van der Waals surface area contributed by atoms with Crippen LogP contribution in [0.2, 0.25) is 10.0 Å². The van der Waals surface area contributed by atoms with E-state index in [9.17, 15) is 9.59 Å². The standard InChI is InChI=1S/C17H12Cl2N4O2/c18-12-6-7-13(19)14(8-12)21-16(24)10-23-17(25)22-15(9-20-23)11-4-2-1-3-5-11/h1-9H,10H2,(H,21,24). The molecule has 0 saturated heterocycles. The topological polar surface area (TPSA) is 76.9 Å². The summed E-state index contributed by atoms with van der Waals surface area (Å²) < 4.78 is 0.972. The van der Waals surface area contributed by atoms with E-state index in [0.717, 1.165) is 10.2 Å². The first-order chi connectivity index (χ1) is 12.0. The van der Waals surface area contributed by atoms with Gasteiger partial charge in [-0.05, 0) is 18.2 Å². The zero-order chi connectivity index (χ0) is 17.8. The molecule has 3 aromatic rings. The first-order valence-corrected chi connectivity index (χ1v) is 8.03. The number of anilines is 1. The van der Waals surface area contributed by atoms with Gasteiger partial charge in [0.2, 0.25) is 5.91 Å². The molecule has 0 aliphatic heterocycles. The molecular weight excluding hydrogens is 363 g/mol. The fourth-order valence-electron chi connectivity index (χ4n) is 2.14. The Morgan fingerprint density at radius 3 is 2.60 bits per heavy atom. The highest BCUT2D eigenvalue weighted by Crippen LogP contribution is 2.25. The smallest absolute Gasteiger partial charge is 0.323 e. The Bertz CT molecular complexity index is 974. The van der Waals surface area contributed by atoms with Crippen molar-refractivity contribution in [2.24, 2.45) is 0 Å². The quantitative estimate of drug-likeness (QED) is 0.760. The van der Waals surface area contributed by atoms with E-state index >= 15 is 0 Å². The molecule has 1 N–H and O–H groups in total. The van der Waals surface area contributed by atoms with Crippen LogP contribution in [0.5, 0.6) is 0 Å². The second-order valence-electron chi connectivity index (χ2n) is 5.12. The van der Waals surface area contributed by atoms with Crippen molar-refractivity contribution in [1.82, 2.24) is 14.8 Å². The van der Waals surface area contributed by atoms with Crippen LogP contribution < -0.4 is 11.0 Å². The minimum Gasteiger partial charge on any atom is -0.323 e. The maximum absolute atomic E-state index is 12.1. The molecule has 0 fully saturated rings. The number of nitrogens with one attached hydrogen (secondary N) is 1. The van der Waals surface area contributed by atoms with E-state index in [2.05, 4.69) is 15.4 Å². The number of benzene rings is 2. The average molecular weight is 375 g/mol. The summed E-state index contributed by atoms with van der Waals surface area (Å²) in [6.45, 7) is -0.288. The van der Waals surface area contributed by atoms with Crippen molar-refractivity contribution in [3.8, 4) is 11.3 Å². The summed E-state index contributed by atoms with van der Waals surface area (Å²) in [6, 6.07) is 13.9. The Morgan fingerprint density at radius 2 is 1.88 bits per heavy atom. The van der Waals surface area contributed by atoms with Crippen LogP contribution in [0.15, 0.2) is 59.5 Å². The van der Waals surface area contributed by atoms with E-state index < -0.39 is 11.6 Å². The van der Waals surface area contributed by atoms with Gasteiger partial charge >= 0.3 is 5.69 Å². The second-order valence-corrected chi connectivity index (χ2v) is 5.96. The predicted octanol–water partition coefficient (Wildman–Crippen LogP) is 3.25. The lowest BCUT2D eigenvalue weighted by atomic mass is 10.2. The highest BCUT2D eigenvalue weighted by molar-refractivity contribution is 6.35. The van der Waals surface area contributed by atoms with Crippen LogP contribution in [0.4, 0.5) is 5.69 Å². The Labute approximate surface area is 153 Å². The lowest BCUT2D eigenvalue weighted by Crippen LogP contribution is -2.31. The molecule has 126 valence electrons. The summed E-state index contributed by atoms with van der Waals surface area (Å²) in [7, 11) is 0. The van der Waals surface area contributed by atoms with Gasteiger partial charge in [-0.15, -0.1) is 0 Å². The van der Waals surface area contributed by atoms with Gasteiger partial charge in [0.05, 0.1) is 22.6 Å². The molecule has 6 nitrogen and oxygen atoms in total. The zero-order valence-corrected chi connectivity index (χ0v) is 14.3. The van der Waals surface area contributed by atoms with Crippen molar-refractivity contribution < 1.29 is 4.79 Å². The molecule has 0 unspecified atom stereocenters. The molecule has 1 heterocycles. The molecule has 8 heteroatoms. The number of aromatic nitrogens is 3. The minimum absolute atomic E-state index is 0.288. The molecule has 0 radical (unpaired) electrons. The molecule has 3 rings (SSSR count). The first kappa shape index (κ1) is 17.1. The number of nitrogens with zero attached hydrogens (tertiary/aromatic N) is 3. The van der Waals surface area contributed by atoms with E-state index in [1.165, 1.54) is 12.3 Å². The predicted molar refractivity (Wildman–Crippen MR) is 96.8 cm³/mol. The number of hydrogen-bond donors (Lipinski definition) is 1. The van der Waals surface area contributed by atoms with Gasteiger partial charge in [-0.25, -0.2) is 9.48 Å². The van der Waals surface area contributed by atoms with Crippen molar-refractivity contribution in [2.75, 3.05) is 5.32 Å². The number of carbonyl (C=O) groups excluding carboxylic acids is 1. The highest BCUT2D eigenvalue weighted by atomic mass is 35.5. The molecule has 0 bridgehead atoms. The normalized spacial score (nSPS) is 10.5. The second kappa shape index (κ2) is 7.46. The molecule has 0 aliphatic carbocycles. The Morgan fingerprint density at radius 1 is 1.12 bits per heavy atom. The third-order valence-electron chi connectivity index (χ3n) is 3.32. The van der Waals surface area contributed by atoms with E-state index in [0.29, 0.717) is 21.4 Å². The molecule has 1 aromatic heterocycles. The Balaban J connectivity index is 1.76. The largest absolute Gasteiger partial charge is 0.365 e. The van der Waals surface area contributed by atoms with Crippen LogP contribution in [0.3, 0.4) is 0 Å². The van der Waals surface area contributed by atoms with Gasteiger partial charge in [-0.1, -0.05) is 53.5 Å². The summed E-state index contributed by atoms with van der Waals surface area (Å²) in [5, 5.41) is 7.37. The highest BCUT2D eigenvalue weighted by Gasteiger charge is 2.10. The average Bonchev–Trinajstić information content (AvgIpc) is 2.60. The van der Waals surface area contributed by atoms with Crippen LogP contribution in [0.25, 0.3) is 11.3 Å². The molecular formula is C17H12Cl2N4O2. The van der Waals surface area contributed by atoms with Crippen molar-refractivity contribution >= 4 is 34.8 Å². The summed E-state index contributed by atoms with van der Waals surface area (Å²) in [4.78, 5) is 28.1. The van der Waals surface area contributed by atoms with Crippen molar-refractivity contribution in [1.29, 1.82) is 0 Å². The van der Waals surface area contributed by atoms with Gasteiger partial charge in [-0.3, -0.25) is 4.79 Å². The third-order valence-corrected chi connectivity index (χ3v) is 3.89. The lowest BCUT2D eigenvalue weighted by molar-refractivity contribution is -0.117. The van der Waals surface area contributed by atoms with Gasteiger partial charge in [0.15, 0.2) is 0 Å². The van der Waals surface area contributed by atoms with Gasteiger partial charge in [0.25, 0.3) is 0 Å². The first-order valence-electron chi connectivity index (χ1n) is 7.27. The van der Waals surface area contributed by atoms with Gasteiger partial charge in [0, 0.05) is 10.6 Å². The molecule has 0 spiro atoms. The number of carbonyl (C=O) groups is 1. The molecule has 25 heavy (non-hydrogen) atoms. The number of hydrogen-bond acceptors (Lipinski definition) is 4. The number of rotatable bonds is 4. The summed E-state index contributed by atoms with van der Waals surface area (Å²) in [5.41, 5.74) is 0.962. The maximum Gasteiger partial charge on any atom is 0.365 e. The summed E-state index contributed by atoms with van der Waals surface area (Å²) >= 11 is 11.9. The van der Waals surface area contributed by atoms with Crippen molar-refractivity contribution in [2.45, 2.75) is 6.54 Å². The van der Waals surface area contributed by atoms with Crippen LogP contribution in [-0.4, -0.2) is 20.7 Å². The van der Waals surface area contributed by atoms with Crippen molar-refractivity contribution in [3.63, 3.8) is 0 Å². The van der Waals surface area contributed by atoms with E-state index in [1.54, 1.807) is 12.1 Å². The Kier molecular flexibility index (Phi) is 5.11. The fourth-order valence-corrected chi connectivity index (χ4v) is 2.48. The van der Waals surface area contributed by atoms with Crippen LogP contribution in [0, 0.1) is 0 Å². The number of halogens is 2. The molecule has 2 aromatic carbocycles. The van der Waals surface area contributed by atoms with E-state index in [4.69, 9.17) is 23.2 Å². The molecule has 0 atom stereocenters. The summed E-state index contributed by atoms with van der Waals surface area (Å²) in [6.07, 6.45) is 1.44. The van der Waals surface area contributed by atoms with Crippen LogP contribution in [0.1, 0.15) is 0 Å². The van der Waals surface area contributed by atoms with Gasteiger partial charge < -0.3 is 5.32 Å². The van der Waals surface area contributed by atoms with Crippen LogP contribution >= 0.6 is 23.2 Å². The van der Waals surface area contributed by atoms with Gasteiger partial charge in [-0.2, -0.15) is 10.1 Å². The molecule has 1 amide bonds. The third kappa shape index (κ3) is 4.23. The number of amides is 1. The summed E-state index contributed by atoms with van der Waals surface area (Å²) in [5.74, 6) is -0.465. The van der Waals surface area contributed by atoms with Crippen LogP contribution in [-0.2, 0) is 11.3 Å². The molecule has 0 aliphatic rings. The zero-order valence-electron chi connectivity index (χ0n) is 12.8. The SMILES string of the molecule is O=C(Cn1ncc(-c2ccccc2)nc1=O)Nc1cc(Cl)ccc1Cl. The Hall–Kier alpha value is -2.70. The maximum atomic E-state index is 12.1. The van der Waals surface area contributed by atoms with Crippen molar-refractivity contribution in [3.05, 3.63) is 75.3 Å².